The van der Waals surface area contributed by atoms with Gasteiger partial charge in [-0.05, 0) is 62.6 Å². The molecule has 0 aliphatic carbocycles. The van der Waals surface area contributed by atoms with Gasteiger partial charge in [-0.25, -0.2) is 0 Å². The maximum Gasteiger partial charge on any atom is 0.235 e. The minimum Gasteiger partial charge on any atom is -0.369 e. The number of halogens is 1. The lowest BCUT2D eigenvalue weighted by Gasteiger charge is -2.32. The van der Waals surface area contributed by atoms with Crippen molar-refractivity contribution in [3.05, 3.63) is 59.1 Å². The zero-order chi connectivity index (χ0) is 23.5. The summed E-state index contributed by atoms with van der Waals surface area (Å²) >= 11 is 7.46. The molecule has 1 fully saturated rings. The number of likely N-dealkylation sites (tertiary alicyclic amines) is 1. The van der Waals surface area contributed by atoms with E-state index < -0.39 is 0 Å². The number of benzene rings is 2. The second kappa shape index (κ2) is 9.97. The number of para-hydroxylation sites is 1. The molecule has 33 heavy (non-hydrogen) atoms. The monoisotopic (exact) mass is 483 g/mol. The Bertz CT molecular complexity index is 1160. The summed E-state index contributed by atoms with van der Waals surface area (Å²) in [6, 6.07) is 15.5. The lowest BCUT2D eigenvalue weighted by Crippen LogP contribution is -2.44. The number of rotatable bonds is 6. The van der Waals surface area contributed by atoms with Gasteiger partial charge in [-0.1, -0.05) is 41.6 Å². The van der Waals surface area contributed by atoms with Gasteiger partial charge < -0.3 is 10.6 Å². The van der Waals surface area contributed by atoms with Crippen LogP contribution in [0.1, 0.15) is 25.3 Å². The van der Waals surface area contributed by atoms with Crippen molar-refractivity contribution in [2.24, 2.45) is 11.7 Å². The van der Waals surface area contributed by atoms with E-state index in [1.165, 1.54) is 11.8 Å². The molecule has 4 rings (SSSR count). The molecule has 1 saturated heterocycles. The lowest BCUT2D eigenvalue weighted by molar-refractivity contribution is -0.134. The molecule has 2 aromatic carbocycles. The topological polar surface area (TPSA) is 94.1 Å². The van der Waals surface area contributed by atoms with Crippen molar-refractivity contribution in [2.75, 3.05) is 13.1 Å². The van der Waals surface area contributed by atoms with Crippen molar-refractivity contribution in [2.45, 2.75) is 37.1 Å². The number of carbonyl (C=O) groups is 2. The molecular weight excluding hydrogens is 458 g/mol. The van der Waals surface area contributed by atoms with Crippen LogP contribution in [0.25, 0.3) is 17.1 Å². The first-order valence-electron chi connectivity index (χ1n) is 10.9. The molecule has 0 spiro atoms. The third kappa shape index (κ3) is 5.07. The van der Waals surface area contributed by atoms with Crippen LogP contribution in [-0.4, -0.2) is 49.8 Å². The minimum atomic E-state index is -0.361. The summed E-state index contributed by atoms with van der Waals surface area (Å²) in [6.45, 7) is 4.99. The standard InChI is InChI=1S/C24H26ClN5O2S/c1-15-5-3-4-6-20(15)30-22(18-7-9-19(25)10-8-18)27-28-24(30)33-16(2)23(32)29-13-11-17(12-14-29)21(26)31/h3-10,16-17H,11-14H2,1-2H3,(H2,26,31). The van der Waals surface area contributed by atoms with Crippen LogP contribution in [0.5, 0.6) is 0 Å². The molecule has 172 valence electrons. The van der Waals surface area contributed by atoms with E-state index in [0.717, 1.165) is 16.8 Å². The molecule has 1 aromatic heterocycles. The highest BCUT2D eigenvalue weighted by Gasteiger charge is 2.30. The van der Waals surface area contributed by atoms with Gasteiger partial charge in [-0.3, -0.25) is 14.2 Å². The number of piperidine rings is 1. The number of amides is 2. The van der Waals surface area contributed by atoms with E-state index in [2.05, 4.69) is 10.2 Å². The van der Waals surface area contributed by atoms with Crippen molar-refractivity contribution < 1.29 is 9.59 Å². The maximum absolute atomic E-state index is 13.1. The van der Waals surface area contributed by atoms with Crippen LogP contribution in [0.3, 0.4) is 0 Å². The Kier molecular flexibility index (Phi) is 7.05. The fourth-order valence-corrected chi connectivity index (χ4v) is 5.08. The van der Waals surface area contributed by atoms with Gasteiger partial charge in [0.1, 0.15) is 0 Å². The first-order valence-corrected chi connectivity index (χ1v) is 12.1. The first-order chi connectivity index (χ1) is 15.8. The Morgan fingerprint density at radius 2 is 1.76 bits per heavy atom. The second-order valence-electron chi connectivity index (χ2n) is 8.20. The van der Waals surface area contributed by atoms with E-state index in [4.69, 9.17) is 17.3 Å². The fourth-order valence-electron chi connectivity index (χ4n) is 4.01. The molecule has 3 aromatic rings. The normalized spacial score (nSPS) is 15.4. The predicted octanol–water partition coefficient (Wildman–Crippen LogP) is 4.10. The number of aromatic nitrogens is 3. The van der Waals surface area contributed by atoms with Gasteiger partial charge in [0.25, 0.3) is 0 Å². The van der Waals surface area contributed by atoms with Gasteiger partial charge in [0, 0.05) is 29.6 Å². The molecule has 1 aliphatic rings. The summed E-state index contributed by atoms with van der Waals surface area (Å²) in [5, 5.41) is 9.83. The number of hydrogen-bond acceptors (Lipinski definition) is 5. The SMILES string of the molecule is Cc1ccccc1-n1c(SC(C)C(=O)N2CCC(C(N)=O)CC2)nnc1-c1ccc(Cl)cc1. The van der Waals surface area contributed by atoms with Crippen molar-refractivity contribution in [3.63, 3.8) is 0 Å². The van der Waals surface area contributed by atoms with Crippen LogP contribution in [-0.2, 0) is 9.59 Å². The van der Waals surface area contributed by atoms with Gasteiger partial charge in [-0.15, -0.1) is 10.2 Å². The van der Waals surface area contributed by atoms with Crippen LogP contribution < -0.4 is 5.73 Å². The molecular formula is C24H26ClN5O2S. The molecule has 2 amide bonds. The van der Waals surface area contributed by atoms with E-state index in [9.17, 15) is 9.59 Å². The van der Waals surface area contributed by atoms with Crippen LogP contribution >= 0.6 is 23.4 Å². The Labute approximate surface area is 202 Å². The molecule has 1 aliphatic heterocycles. The second-order valence-corrected chi connectivity index (χ2v) is 9.94. The maximum atomic E-state index is 13.1. The smallest absolute Gasteiger partial charge is 0.235 e. The fraction of sp³-hybridized carbons (Fsp3) is 0.333. The summed E-state index contributed by atoms with van der Waals surface area (Å²) < 4.78 is 1.99. The zero-order valence-electron chi connectivity index (χ0n) is 18.6. The Morgan fingerprint density at radius 3 is 2.39 bits per heavy atom. The molecule has 9 heteroatoms. The molecule has 1 atom stereocenters. The molecule has 0 saturated carbocycles. The van der Waals surface area contributed by atoms with E-state index in [1.54, 1.807) is 0 Å². The molecule has 1 unspecified atom stereocenters. The van der Waals surface area contributed by atoms with Crippen LogP contribution in [0.2, 0.25) is 5.02 Å². The number of nitrogens with two attached hydrogens (primary N) is 1. The Balaban J connectivity index is 1.61. The number of thioether (sulfide) groups is 1. The van der Waals surface area contributed by atoms with Crippen molar-refractivity contribution in [1.82, 2.24) is 19.7 Å². The summed E-state index contributed by atoms with van der Waals surface area (Å²) in [6.07, 6.45) is 1.22. The quantitative estimate of drug-likeness (QED) is 0.532. The largest absolute Gasteiger partial charge is 0.369 e. The predicted molar refractivity (Wildman–Crippen MR) is 130 cm³/mol. The highest BCUT2D eigenvalue weighted by Crippen LogP contribution is 2.32. The van der Waals surface area contributed by atoms with E-state index in [1.807, 2.05) is 71.8 Å². The van der Waals surface area contributed by atoms with Gasteiger partial charge in [-0.2, -0.15) is 0 Å². The first kappa shape index (κ1) is 23.3. The molecule has 2 N–H and O–H groups in total. The summed E-state index contributed by atoms with van der Waals surface area (Å²) in [5.41, 5.74) is 8.33. The highest BCUT2D eigenvalue weighted by molar-refractivity contribution is 8.00. The molecule has 0 radical (unpaired) electrons. The minimum absolute atomic E-state index is 0.0234. The summed E-state index contributed by atoms with van der Waals surface area (Å²) in [5.74, 6) is 0.273. The number of aryl methyl sites for hydroxylation is 1. The number of carbonyl (C=O) groups excluding carboxylic acids is 2. The van der Waals surface area contributed by atoms with Gasteiger partial charge >= 0.3 is 0 Å². The van der Waals surface area contributed by atoms with Gasteiger partial charge in [0.2, 0.25) is 11.8 Å². The third-order valence-corrected chi connectivity index (χ3v) is 7.21. The van der Waals surface area contributed by atoms with Crippen LogP contribution in [0.4, 0.5) is 0 Å². The average molecular weight is 484 g/mol. The van der Waals surface area contributed by atoms with Gasteiger partial charge in [0.15, 0.2) is 11.0 Å². The average Bonchev–Trinajstić information content (AvgIpc) is 3.22. The molecule has 0 bridgehead atoms. The highest BCUT2D eigenvalue weighted by atomic mass is 35.5. The molecule has 7 nitrogen and oxygen atoms in total. The number of hydrogen-bond donors (Lipinski definition) is 1. The lowest BCUT2D eigenvalue weighted by atomic mass is 9.96. The van der Waals surface area contributed by atoms with Crippen molar-refractivity contribution in [1.29, 1.82) is 0 Å². The summed E-state index contributed by atoms with van der Waals surface area (Å²) in [4.78, 5) is 26.4. The zero-order valence-corrected chi connectivity index (χ0v) is 20.1. The van der Waals surface area contributed by atoms with E-state index >= 15 is 0 Å². The van der Waals surface area contributed by atoms with Crippen LogP contribution in [0, 0.1) is 12.8 Å². The Hall–Kier alpha value is -2.84. The Morgan fingerprint density at radius 1 is 1.09 bits per heavy atom. The number of nitrogens with zero attached hydrogens (tertiary/aromatic N) is 4. The van der Waals surface area contributed by atoms with Crippen LogP contribution in [0.15, 0.2) is 53.7 Å². The van der Waals surface area contributed by atoms with Crippen molar-refractivity contribution in [3.8, 4) is 17.1 Å². The molecule has 2 heterocycles. The van der Waals surface area contributed by atoms with E-state index in [-0.39, 0.29) is 23.0 Å². The third-order valence-electron chi connectivity index (χ3n) is 5.93. The number of primary amides is 1. The van der Waals surface area contributed by atoms with Gasteiger partial charge in [0.05, 0.1) is 10.9 Å². The van der Waals surface area contributed by atoms with Crippen molar-refractivity contribution >= 4 is 35.2 Å². The van der Waals surface area contributed by atoms with E-state index in [0.29, 0.717) is 41.9 Å². The summed E-state index contributed by atoms with van der Waals surface area (Å²) in [7, 11) is 0.